The number of fused-ring (bicyclic) bond motifs is 1. The summed E-state index contributed by atoms with van der Waals surface area (Å²) in [6.45, 7) is 16.7. The molecule has 0 unspecified atom stereocenters. The first-order chi connectivity index (χ1) is 25.6. The Morgan fingerprint density at radius 1 is 0.964 bits per heavy atom. The molecule has 1 aliphatic heterocycles. The van der Waals surface area contributed by atoms with E-state index in [1.807, 2.05) is 19.9 Å². The molecule has 2 atom stereocenters. The van der Waals surface area contributed by atoms with Crippen LogP contribution < -0.4 is 19.5 Å². The molecule has 3 aromatic carbocycles. The average molecular weight is 778 g/mol. The lowest BCUT2D eigenvalue weighted by Gasteiger charge is -2.39. The smallest absolute Gasteiger partial charge is 0.416 e. The quantitative estimate of drug-likeness (QED) is 0.138. The van der Waals surface area contributed by atoms with Gasteiger partial charge in [-0.15, -0.1) is 0 Å². The van der Waals surface area contributed by atoms with E-state index < -0.39 is 40.5 Å². The van der Waals surface area contributed by atoms with Crippen LogP contribution in [0.25, 0.3) is 4.85 Å². The number of carbonyl (C=O) groups excluding carboxylic acids is 2. The van der Waals surface area contributed by atoms with E-state index in [1.165, 1.54) is 31.3 Å². The maximum atomic E-state index is 13.8. The molecule has 298 valence electrons. The molecule has 15 heteroatoms. The molecule has 1 aliphatic carbocycles. The van der Waals surface area contributed by atoms with E-state index in [0.717, 1.165) is 36.2 Å². The van der Waals surface area contributed by atoms with Gasteiger partial charge in [0.15, 0.2) is 6.73 Å². The molecular weight excluding hydrogens is 732 g/mol. The Labute approximate surface area is 316 Å². The molecule has 1 fully saturated rings. The van der Waals surface area contributed by atoms with Crippen molar-refractivity contribution in [2.24, 2.45) is 11.3 Å². The number of methoxy groups -OCH3 is 2. The molecule has 1 amide bonds. The summed E-state index contributed by atoms with van der Waals surface area (Å²) in [4.78, 5) is 30.5. The van der Waals surface area contributed by atoms with Crippen molar-refractivity contribution in [2.75, 3.05) is 21.0 Å². The zero-order valence-corrected chi connectivity index (χ0v) is 31.7. The number of esters is 1. The third kappa shape index (κ3) is 10.4. The van der Waals surface area contributed by atoms with Crippen LogP contribution in [0.2, 0.25) is 0 Å². The molecule has 1 heterocycles. The second-order valence-corrected chi connectivity index (χ2v) is 14.8. The SMILES string of the molecule is COC(=O)c1cc(CN[C@@H]2CC[C@@](C(=O)N3COc4ccc(C(F)(F)F)cc4C3)(C(C)C)C2)ccc1OC.[C-]#[N+]c1cc(C(F)(F)F)ccc1OC(C)(C)C. The van der Waals surface area contributed by atoms with Gasteiger partial charge in [0.25, 0.3) is 0 Å². The fraction of sp³-hybridized carbons (Fsp3) is 0.475. The predicted octanol–water partition coefficient (Wildman–Crippen LogP) is 9.60. The molecule has 0 aromatic heterocycles. The van der Waals surface area contributed by atoms with Gasteiger partial charge in [0.05, 0.1) is 43.9 Å². The van der Waals surface area contributed by atoms with Crippen LogP contribution >= 0.6 is 0 Å². The number of ether oxygens (including phenoxy) is 4. The van der Waals surface area contributed by atoms with E-state index in [9.17, 15) is 35.9 Å². The van der Waals surface area contributed by atoms with Crippen LogP contribution in [-0.2, 0) is 35.0 Å². The van der Waals surface area contributed by atoms with Crippen LogP contribution in [0.1, 0.15) is 86.5 Å². The highest BCUT2D eigenvalue weighted by molar-refractivity contribution is 5.92. The van der Waals surface area contributed by atoms with Crippen molar-refractivity contribution in [2.45, 2.75) is 91.0 Å². The maximum Gasteiger partial charge on any atom is 0.416 e. The number of benzene rings is 3. The third-order valence-electron chi connectivity index (χ3n) is 9.58. The summed E-state index contributed by atoms with van der Waals surface area (Å²) in [6.07, 6.45) is -6.89. The Morgan fingerprint density at radius 2 is 1.60 bits per heavy atom. The Bertz CT molecular complexity index is 1900. The van der Waals surface area contributed by atoms with E-state index >= 15 is 0 Å². The second-order valence-electron chi connectivity index (χ2n) is 14.8. The minimum absolute atomic E-state index is 0.00587. The van der Waals surface area contributed by atoms with Gasteiger partial charge in [-0.25, -0.2) is 9.64 Å². The summed E-state index contributed by atoms with van der Waals surface area (Å²) >= 11 is 0. The average Bonchev–Trinajstić information content (AvgIpc) is 3.57. The molecule has 3 aromatic rings. The lowest BCUT2D eigenvalue weighted by molar-refractivity contribution is -0.150. The molecule has 0 bridgehead atoms. The molecule has 2 aliphatic rings. The standard InChI is InChI=1S/C28H33F3N2O5.C12H12F3NO/c1-17(2)27(26(35)33-15-19-12-20(28(29,30)31)6-8-23(19)38-16-33)10-9-21(13-27)32-14-18-5-7-24(36-3)22(11-18)25(34)37-4;1-11(2,3)17-10-6-5-8(12(13,14)15)7-9(10)16-4/h5-8,11-12,17,21,32H,9-10,13-16H2,1-4H3;5-7H,1-3H3/t21-,27+;/m1./s1. The fourth-order valence-electron chi connectivity index (χ4n) is 6.67. The molecule has 1 N–H and O–H groups in total. The minimum atomic E-state index is -4.47. The van der Waals surface area contributed by atoms with Gasteiger partial charge in [0.2, 0.25) is 11.6 Å². The number of nitrogens with one attached hydrogen (secondary N) is 1. The van der Waals surface area contributed by atoms with Gasteiger partial charge < -0.3 is 29.2 Å². The molecule has 0 spiro atoms. The van der Waals surface area contributed by atoms with E-state index in [0.29, 0.717) is 42.0 Å². The molecule has 5 rings (SSSR count). The van der Waals surface area contributed by atoms with Crippen molar-refractivity contribution < 1.29 is 54.9 Å². The van der Waals surface area contributed by atoms with Crippen LogP contribution in [0, 0.1) is 17.9 Å². The fourth-order valence-corrected chi connectivity index (χ4v) is 6.67. The number of nitrogens with zero attached hydrogens (tertiary/aromatic N) is 2. The number of hydrogen-bond donors (Lipinski definition) is 1. The van der Waals surface area contributed by atoms with Gasteiger partial charge in [0, 0.05) is 23.7 Å². The van der Waals surface area contributed by atoms with Gasteiger partial charge in [-0.05, 0) is 100 Å². The Balaban J connectivity index is 0.000000332. The molecule has 1 saturated carbocycles. The van der Waals surface area contributed by atoms with Crippen molar-refractivity contribution >= 4 is 17.6 Å². The van der Waals surface area contributed by atoms with Gasteiger partial charge in [-0.2, -0.15) is 26.3 Å². The lowest BCUT2D eigenvalue weighted by atomic mass is 9.74. The van der Waals surface area contributed by atoms with Gasteiger partial charge in [-0.1, -0.05) is 19.9 Å². The van der Waals surface area contributed by atoms with Crippen molar-refractivity contribution in [3.63, 3.8) is 0 Å². The molecular formula is C40H45F6N3O6. The van der Waals surface area contributed by atoms with Crippen molar-refractivity contribution in [1.82, 2.24) is 10.2 Å². The first-order valence-corrected chi connectivity index (χ1v) is 17.5. The number of alkyl halides is 6. The summed E-state index contributed by atoms with van der Waals surface area (Å²) in [5.41, 5.74) is -1.37. The van der Waals surface area contributed by atoms with Crippen LogP contribution in [0.4, 0.5) is 32.0 Å². The Kier molecular flexibility index (Phi) is 13.1. The van der Waals surface area contributed by atoms with Crippen molar-refractivity contribution in [3.05, 3.63) is 93.8 Å². The zero-order chi connectivity index (χ0) is 40.9. The lowest BCUT2D eigenvalue weighted by Crippen LogP contribution is -2.48. The van der Waals surface area contributed by atoms with Crippen molar-refractivity contribution in [1.29, 1.82) is 0 Å². The molecule has 55 heavy (non-hydrogen) atoms. The maximum absolute atomic E-state index is 13.8. The highest BCUT2D eigenvalue weighted by Gasteiger charge is 2.50. The van der Waals surface area contributed by atoms with Crippen LogP contribution in [-0.4, -0.2) is 49.4 Å². The Morgan fingerprint density at radius 3 is 2.18 bits per heavy atom. The van der Waals surface area contributed by atoms with Crippen LogP contribution in [0.5, 0.6) is 17.2 Å². The highest BCUT2D eigenvalue weighted by Crippen LogP contribution is 2.47. The minimum Gasteiger partial charge on any atom is -0.499 e. The number of amides is 1. The Hall–Kier alpha value is -4.97. The predicted molar refractivity (Wildman–Crippen MR) is 192 cm³/mol. The van der Waals surface area contributed by atoms with E-state index in [1.54, 1.807) is 32.9 Å². The first kappa shape index (κ1) is 42.8. The number of halogens is 6. The molecule has 0 saturated heterocycles. The molecule has 0 radical (unpaired) electrons. The van der Waals surface area contributed by atoms with Crippen LogP contribution in [0.3, 0.4) is 0 Å². The van der Waals surface area contributed by atoms with Gasteiger partial charge in [0.1, 0.15) is 22.8 Å². The van der Waals surface area contributed by atoms with E-state index in [-0.39, 0.29) is 42.6 Å². The normalized spacial score (nSPS) is 18.3. The first-order valence-electron chi connectivity index (χ1n) is 17.5. The number of hydrogen-bond acceptors (Lipinski definition) is 7. The largest absolute Gasteiger partial charge is 0.499 e. The summed E-state index contributed by atoms with van der Waals surface area (Å²) in [5, 5.41) is 3.51. The van der Waals surface area contributed by atoms with E-state index in [2.05, 4.69) is 10.2 Å². The van der Waals surface area contributed by atoms with Crippen molar-refractivity contribution in [3.8, 4) is 17.2 Å². The van der Waals surface area contributed by atoms with Crippen LogP contribution in [0.15, 0.2) is 54.6 Å². The summed E-state index contributed by atoms with van der Waals surface area (Å²) in [5.74, 6) is 0.409. The zero-order valence-electron chi connectivity index (χ0n) is 31.7. The molecule has 9 nitrogen and oxygen atoms in total. The van der Waals surface area contributed by atoms with Gasteiger partial charge >= 0.3 is 18.3 Å². The number of carbonyl (C=O) groups is 2. The van der Waals surface area contributed by atoms with E-state index in [4.69, 9.17) is 25.5 Å². The third-order valence-corrected chi connectivity index (χ3v) is 9.58. The monoisotopic (exact) mass is 777 g/mol. The number of rotatable bonds is 8. The summed E-state index contributed by atoms with van der Waals surface area (Å²) < 4.78 is 98.2. The topological polar surface area (TPSA) is 90.7 Å². The summed E-state index contributed by atoms with van der Waals surface area (Å²) in [6, 6.07) is 11.6. The second kappa shape index (κ2) is 16.8. The summed E-state index contributed by atoms with van der Waals surface area (Å²) in [7, 11) is 2.80. The highest BCUT2D eigenvalue weighted by atomic mass is 19.4. The van der Waals surface area contributed by atoms with Gasteiger partial charge in [-0.3, -0.25) is 4.79 Å².